The number of hydrogen-bond acceptors (Lipinski definition) is 5. The molecule has 7 nitrogen and oxygen atoms in total. The molecule has 0 aliphatic carbocycles. The van der Waals surface area contributed by atoms with Crippen LogP contribution in [-0.4, -0.2) is 42.6 Å². The van der Waals surface area contributed by atoms with Crippen LogP contribution in [0.15, 0.2) is 30.3 Å². The van der Waals surface area contributed by atoms with E-state index in [0.29, 0.717) is 25.7 Å². The normalized spacial score (nSPS) is 12.6. The molecule has 0 aromatic heterocycles. The number of alkyl carbamates (subject to hydrolysis) is 1. The Morgan fingerprint density at radius 3 is 2.19 bits per heavy atom. The molecular formula is C18H27NO6S. The monoisotopic (exact) mass is 385 g/mol. The minimum atomic E-state index is -3.65. The number of nitrogens with one attached hydrogen (secondary N) is 1. The Balaban J connectivity index is 2.69. The smallest absolute Gasteiger partial charge is 0.408 e. The molecule has 1 rings (SSSR count). The van der Waals surface area contributed by atoms with Gasteiger partial charge in [-0.05, 0) is 18.4 Å². The number of hydrogen-bond donors (Lipinski definition) is 2. The zero-order valence-electron chi connectivity index (χ0n) is 15.2. The van der Waals surface area contributed by atoms with Crippen LogP contribution in [0.4, 0.5) is 4.79 Å². The molecule has 0 bridgehead atoms. The Hall–Kier alpha value is -2.09. The molecule has 0 spiro atoms. The van der Waals surface area contributed by atoms with Gasteiger partial charge in [0.05, 0.1) is 11.0 Å². The average Bonchev–Trinajstić information content (AvgIpc) is 2.60. The summed E-state index contributed by atoms with van der Waals surface area (Å²) in [6.45, 7) is 3.73. The maximum absolute atomic E-state index is 12.5. The third-order valence-corrected chi connectivity index (χ3v) is 6.22. The van der Waals surface area contributed by atoms with Crippen LogP contribution in [0.2, 0.25) is 0 Å². The molecule has 0 fully saturated rings. The summed E-state index contributed by atoms with van der Waals surface area (Å²) in [5, 5.41) is 10.8. The fraction of sp³-hybridized carbons (Fsp3) is 0.556. The average molecular weight is 385 g/mol. The van der Waals surface area contributed by atoms with Gasteiger partial charge in [0.1, 0.15) is 12.6 Å². The van der Waals surface area contributed by atoms with Gasteiger partial charge in [-0.3, -0.25) is 0 Å². The zero-order valence-corrected chi connectivity index (χ0v) is 16.0. The lowest BCUT2D eigenvalue weighted by Gasteiger charge is -2.20. The van der Waals surface area contributed by atoms with Crippen molar-refractivity contribution in [3.05, 3.63) is 35.9 Å². The second-order valence-electron chi connectivity index (χ2n) is 6.13. The Kier molecular flexibility index (Phi) is 9.12. The summed E-state index contributed by atoms with van der Waals surface area (Å²) in [5.41, 5.74) is 0.744. The van der Waals surface area contributed by atoms with Crippen LogP contribution < -0.4 is 5.32 Å². The quantitative estimate of drug-likeness (QED) is 0.606. The maximum atomic E-state index is 12.5. The van der Waals surface area contributed by atoms with Crippen molar-refractivity contribution in [2.24, 2.45) is 0 Å². The number of carboxylic acids is 1. The fourth-order valence-corrected chi connectivity index (χ4v) is 4.75. The van der Waals surface area contributed by atoms with E-state index in [1.54, 1.807) is 24.3 Å². The van der Waals surface area contributed by atoms with Gasteiger partial charge in [0, 0.05) is 0 Å². The summed E-state index contributed by atoms with van der Waals surface area (Å²) in [4.78, 5) is 23.2. The third kappa shape index (κ3) is 7.43. The van der Waals surface area contributed by atoms with E-state index in [0.717, 1.165) is 5.56 Å². The lowest BCUT2D eigenvalue weighted by atomic mass is 10.2. The summed E-state index contributed by atoms with van der Waals surface area (Å²) >= 11 is 0. The van der Waals surface area contributed by atoms with E-state index < -0.39 is 38.9 Å². The number of benzene rings is 1. The van der Waals surface area contributed by atoms with Crippen LogP contribution in [0, 0.1) is 0 Å². The largest absolute Gasteiger partial charge is 0.480 e. The van der Waals surface area contributed by atoms with E-state index in [1.807, 2.05) is 19.9 Å². The highest BCUT2D eigenvalue weighted by Crippen LogP contribution is 2.17. The topological polar surface area (TPSA) is 110 Å². The molecule has 0 saturated heterocycles. The minimum Gasteiger partial charge on any atom is -0.480 e. The molecule has 0 aliphatic rings. The van der Waals surface area contributed by atoms with Crippen molar-refractivity contribution in [2.75, 3.05) is 5.75 Å². The van der Waals surface area contributed by atoms with E-state index in [4.69, 9.17) is 4.74 Å². The Morgan fingerprint density at radius 2 is 1.69 bits per heavy atom. The van der Waals surface area contributed by atoms with Crippen molar-refractivity contribution in [3.8, 4) is 0 Å². The highest BCUT2D eigenvalue weighted by atomic mass is 32.2. The molecular weight excluding hydrogens is 358 g/mol. The standard InChI is InChI=1S/C18H27NO6S/c1-3-8-15(9-4-2)26(23,24)13-16(17(20)21)19-18(22)25-12-14-10-6-5-7-11-14/h5-7,10-11,15-16H,3-4,8-9,12-13H2,1-2H3,(H,19,22)(H,20,21). The van der Waals surface area contributed by atoms with Crippen LogP contribution >= 0.6 is 0 Å². The highest BCUT2D eigenvalue weighted by molar-refractivity contribution is 7.92. The SMILES string of the molecule is CCCC(CCC)S(=O)(=O)CC(NC(=O)OCc1ccccc1)C(=O)O. The highest BCUT2D eigenvalue weighted by Gasteiger charge is 2.32. The van der Waals surface area contributed by atoms with Crippen LogP contribution in [0.3, 0.4) is 0 Å². The molecule has 1 amide bonds. The molecule has 146 valence electrons. The molecule has 0 radical (unpaired) electrons. The summed E-state index contributed by atoms with van der Waals surface area (Å²) in [6, 6.07) is 7.35. The number of sulfone groups is 1. The lowest BCUT2D eigenvalue weighted by molar-refractivity contribution is -0.138. The maximum Gasteiger partial charge on any atom is 0.408 e. The molecule has 1 aromatic rings. The summed E-state index contributed by atoms with van der Waals surface area (Å²) in [7, 11) is -3.65. The van der Waals surface area contributed by atoms with Crippen molar-refractivity contribution >= 4 is 21.9 Å². The minimum absolute atomic E-state index is 0.0277. The number of amides is 1. The van der Waals surface area contributed by atoms with Crippen molar-refractivity contribution in [1.82, 2.24) is 5.32 Å². The first-order chi connectivity index (χ1) is 12.3. The van der Waals surface area contributed by atoms with E-state index in [1.165, 1.54) is 0 Å². The van der Waals surface area contributed by atoms with E-state index in [2.05, 4.69) is 5.32 Å². The number of carboxylic acid groups (broad SMARTS) is 1. The third-order valence-electron chi connectivity index (χ3n) is 3.93. The van der Waals surface area contributed by atoms with Crippen molar-refractivity contribution in [3.63, 3.8) is 0 Å². The van der Waals surface area contributed by atoms with Gasteiger partial charge in [-0.2, -0.15) is 0 Å². The first-order valence-electron chi connectivity index (χ1n) is 8.71. The Bertz CT molecular complexity index is 668. The first kappa shape index (κ1) is 22.0. The first-order valence-corrected chi connectivity index (χ1v) is 10.4. The zero-order chi connectivity index (χ0) is 19.6. The fourth-order valence-electron chi connectivity index (χ4n) is 2.60. The molecule has 0 saturated carbocycles. The summed E-state index contributed by atoms with van der Waals surface area (Å²) in [5.74, 6) is -2.05. The molecule has 0 heterocycles. The second-order valence-corrected chi connectivity index (χ2v) is 8.45. The van der Waals surface area contributed by atoms with Gasteiger partial charge in [-0.15, -0.1) is 0 Å². The van der Waals surface area contributed by atoms with Gasteiger partial charge >= 0.3 is 12.1 Å². The predicted octanol–water partition coefficient (Wildman–Crippen LogP) is 2.75. The summed E-state index contributed by atoms with van der Waals surface area (Å²) < 4.78 is 30.0. The van der Waals surface area contributed by atoms with Crippen molar-refractivity contribution in [2.45, 2.75) is 57.4 Å². The second kappa shape index (κ2) is 10.8. The van der Waals surface area contributed by atoms with E-state index in [-0.39, 0.29) is 6.61 Å². The Labute approximate surface area is 154 Å². The van der Waals surface area contributed by atoms with Crippen LogP contribution in [0.5, 0.6) is 0 Å². The molecule has 1 atom stereocenters. The van der Waals surface area contributed by atoms with Gasteiger partial charge in [0.25, 0.3) is 0 Å². The molecule has 0 aliphatic heterocycles. The van der Waals surface area contributed by atoms with E-state index in [9.17, 15) is 23.1 Å². The molecule has 8 heteroatoms. The number of aliphatic carboxylic acids is 1. The molecule has 26 heavy (non-hydrogen) atoms. The van der Waals surface area contributed by atoms with Crippen LogP contribution in [-0.2, 0) is 26.0 Å². The number of ether oxygens (including phenoxy) is 1. The Morgan fingerprint density at radius 1 is 1.12 bits per heavy atom. The van der Waals surface area contributed by atoms with Gasteiger partial charge in [0.2, 0.25) is 0 Å². The number of rotatable bonds is 11. The predicted molar refractivity (Wildman–Crippen MR) is 98.6 cm³/mol. The molecule has 1 aromatic carbocycles. The van der Waals surface area contributed by atoms with Gasteiger partial charge in [0.15, 0.2) is 9.84 Å². The van der Waals surface area contributed by atoms with Crippen LogP contribution in [0.1, 0.15) is 45.1 Å². The van der Waals surface area contributed by atoms with E-state index >= 15 is 0 Å². The van der Waals surface area contributed by atoms with Crippen molar-refractivity contribution < 1.29 is 27.9 Å². The lowest BCUT2D eigenvalue weighted by Crippen LogP contribution is -2.47. The molecule has 1 unspecified atom stereocenters. The number of carbonyl (C=O) groups excluding carboxylic acids is 1. The van der Waals surface area contributed by atoms with Gasteiger partial charge in [-0.25, -0.2) is 18.0 Å². The summed E-state index contributed by atoms with van der Waals surface area (Å²) in [6.07, 6.45) is 1.36. The van der Waals surface area contributed by atoms with Gasteiger partial charge < -0.3 is 15.2 Å². The van der Waals surface area contributed by atoms with Gasteiger partial charge in [-0.1, -0.05) is 57.0 Å². The number of carbonyl (C=O) groups is 2. The van der Waals surface area contributed by atoms with Crippen molar-refractivity contribution in [1.29, 1.82) is 0 Å². The molecule has 2 N–H and O–H groups in total. The van der Waals surface area contributed by atoms with Crippen LogP contribution in [0.25, 0.3) is 0 Å².